The summed E-state index contributed by atoms with van der Waals surface area (Å²) in [5, 5.41) is 15.5. The van der Waals surface area contributed by atoms with E-state index in [1.54, 1.807) is 39.0 Å². The lowest BCUT2D eigenvalue weighted by Gasteiger charge is -2.25. The topological polar surface area (TPSA) is 114 Å². The smallest absolute Gasteiger partial charge is 0.397 e. The minimum Gasteiger partial charge on any atom is -0.507 e. The number of anilines is 1. The lowest BCUT2D eigenvalue weighted by atomic mass is 9.85. The lowest BCUT2D eigenvalue weighted by molar-refractivity contribution is -0.152. The molecular weight excluding hydrogens is 412 g/mol. The van der Waals surface area contributed by atoms with Crippen molar-refractivity contribution in [3.63, 3.8) is 0 Å². The summed E-state index contributed by atoms with van der Waals surface area (Å²) < 4.78 is 10.7. The monoisotopic (exact) mass is 440 g/mol. The molecule has 0 atom stereocenters. The second kappa shape index (κ2) is 10.2. The first-order valence-electron chi connectivity index (χ1n) is 10.7. The minimum atomic E-state index is -0.949. The van der Waals surface area contributed by atoms with Crippen LogP contribution in [0, 0.1) is 19.8 Å². The molecule has 0 aromatic heterocycles. The van der Waals surface area contributed by atoms with Gasteiger partial charge in [0.25, 0.3) is 5.91 Å². The first kappa shape index (κ1) is 23.1. The molecule has 32 heavy (non-hydrogen) atoms. The number of aromatic hydroxyl groups is 1. The van der Waals surface area contributed by atoms with E-state index in [4.69, 9.17) is 9.47 Å². The largest absolute Gasteiger partial charge is 0.507 e. The van der Waals surface area contributed by atoms with E-state index in [1.165, 1.54) is 18.6 Å². The van der Waals surface area contributed by atoms with Gasteiger partial charge in [0.2, 0.25) is 0 Å². The first-order chi connectivity index (χ1) is 15.3. The standard InChI is InChI=1S/C24H28N2O6/c1-4-31-24(30)23(29)26-17-10-14(2)21(15(3)11-17)32-18-8-9-20(27)19(12-18)22(28)25-13-16-6-5-7-16/h8-12,16,27H,4-7,13H2,1-3H3,(H,25,28)(H,26,29). The van der Waals surface area contributed by atoms with Gasteiger partial charge in [0.05, 0.1) is 12.2 Å². The van der Waals surface area contributed by atoms with Crippen LogP contribution in [0.15, 0.2) is 30.3 Å². The number of nitrogens with one attached hydrogen (secondary N) is 2. The van der Waals surface area contributed by atoms with Crippen LogP contribution in [0.1, 0.15) is 47.7 Å². The molecule has 2 aromatic rings. The Bertz CT molecular complexity index is 1010. The Morgan fingerprint density at radius 1 is 1.09 bits per heavy atom. The molecule has 0 radical (unpaired) electrons. The summed E-state index contributed by atoms with van der Waals surface area (Å²) in [7, 11) is 0. The zero-order valence-corrected chi connectivity index (χ0v) is 18.5. The van der Waals surface area contributed by atoms with E-state index in [9.17, 15) is 19.5 Å². The number of hydrogen-bond acceptors (Lipinski definition) is 6. The molecule has 1 fully saturated rings. The molecule has 2 amide bonds. The van der Waals surface area contributed by atoms with Gasteiger partial charge in [0.15, 0.2) is 0 Å². The van der Waals surface area contributed by atoms with E-state index in [0.717, 1.165) is 12.8 Å². The fourth-order valence-electron chi connectivity index (χ4n) is 3.47. The molecular formula is C24H28N2O6. The van der Waals surface area contributed by atoms with Crippen molar-refractivity contribution in [2.24, 2.45) is 5.92 Å². The number of phenols is 1. The van der Waals surface area contributed by atoms with Gasteiger partial charge < -0.3 is 25.2 Å². The molecule has 3 rings (SSSR count). The summed E-state index contributed by atoms with van der Waals surface area (Å²) >= 11 is 0. The van der Waals surface area contributed by atoms with Gasteiger partial charge in [-0.25, -0.2) is 4.79 Å². The van der Waals surface area contributed by atoms with E-state index < -0.39 is 11.9 Å². The van der Waals surface area contributed by atoms with Crippen molar-refractivity contribution < 1.29 is 29.0 Å². The first-order valence-corrected chi connectivity index (χ1v) is 10.7. The van der Waals surface area contributed by atoms with Crippen molar-refractivity contribution in [2.45, 2.75) is 40.0 Å². The van der Waals surface area contributed by atoms with Crippen LogP contribution in [-0.4, -0.2) is 36.0 Å². The Morgan fingerprint density at radius 3 is 2.38 bits per heavy atom. The molecule has 3 N–H and O–H groups in total. The van der Waals surface area contributed by atoms with E-state index >= 15 is 0 Å². The summed E-state index contributed by atoms with van der Waals surface area (Å²) in [4.78, 5) is 35.9. The second-order valence-electron chi connectivity index (χ2n) is 7.90. The predicted molar refractivity (Wildman–Crippen MR) is 119 cm³/mol. The van der Waals surface area contributed by atoms with Crippen molar-refractivity contribution in [1.29, 1.82) is 0 Å². The van der Waals surface area contributed by atoms with Gasteiger partial charge in [-0.2, -0.15) is 0 Å². The molecule has 2 aromatic carbocycles. The van der Waals surface area contributed by atoms with Crippen LogP contribution < -0.4 is 15.4 Å². The molecule has 0 aliphatic heterocycles. The van der Waals surface area contributed by atoms with Crippen LogP contribution in [0.4, 0.5) is 5.69 Å². The highest BCUT2D eigenvalue weighted by molar-refractivity contribution is 6.37. The zero-order chi connectivity index (χ0) is 23.3. The number of aryl methyl sites for hydroxylation is 2. The van der Waals surface area contributed by atoms with Gasteiger partial charge in [-0.3, -0.25) is 9.59 Å². The van der Waals surface area contributed by atoms with Gasteiger partial charge in [-0.05, 0) is 81.0 Å². The quantitative estimate of drug-likeness (QED) is 0.445. The van der Waals surface area contributed by atoms with E-state index in [1.807, 2.05) is 0 Å². The zero-order valence-electron chi connectivity index (χ0n) is 18.5. The molecule has 8 heteroatoms. The van der Waals surface area contributed by atoms with Crippen molar-refractivity contribution in [3.8, 4) is 17.2 Å². The number of hydrogen-bond donors (Lipinski definition) is 3. The van der Waals surface area contributed by atoms with Crippen LogP contribution in [0.5, 0.6) is 17.2 Å². The average molecular weight is 440 g/mol. The molecule has 1 aliphatic carbocycles. The maximum atomic E-state index is 12.5. The molecule has 1 saturated carbocycles. The number of carbonyl (C=O) groups is 3. The molecule has 170 valence electrons. The third-order valence-electron chi connectivity index (χ3n) is 5.39. The minimum absolute atomic E-state index is 0.115. The summed E-state index contributed by atoms with van der Waals surface area (Å²) in [5.41, 5.74) is 2.02. The Balaban J connectivity index is 1.73. The Hall–Kier alpha value is -3.55. The van der Waals surface area contributed by atoms with E-state index in [0.29, 0.717) is 40.8 Å². The summed E-state index contributed by atoms with van der Waals surface area (Å²) in [6, 6.07) is 7.85. The molecule has 8 nitrogen and oxygen atoms in total. The highest BCUT2D eigenvalue weighted by Gasteiger charge is 2.20. The summed E-state index contributed by atoms with van der Waals surface area (Å²) in [5.74, 6) is -0.810. The molecule has 0 unspecified atom stereocenters. The number of phenolic OH excluding ortho intramolecular Hbond substituents is 1. The van der Waals surface area contributed by atoms with Crippen LogP contribution in [-0.2, 0) is 14.3 Å². The number of rotatable bonds is 7. The lowest BCUT2D eigenvalue weighted by Crippen LogP contribution is -2.32. The molecule has 0 bridgehead atoms. The van der Waals surface area contributed by atoms with Crippen molar-refractivity contribution in [3.05, 3.63) is 47.0 Å². The van der Waals surface area contributed by atoms with Crippen LogP contribution in [0.25, 0.3) is 0 Å². The predicted octanol–water partition coefficient (Wildman–Crippen LogP) is 3.83. The molecule has 0 spiro atoms. The number of esters is 1. The second-order valence-corrected chi connectivity index (χ2v) is 7.90. The third kappa shape index (κ3) is 5.57. The number of ether oxygens (including phenoxy) is 2. The molecule has 0 saturated heterocycles. The van der Waals surface area contributed by atoms with Crippen molar-refractivity contribution in [2.75, 3.05) is 18.5 Å². The van der Waals surface area contributed by atoms with Crippen LogP contribution in [0.3, 0.4) is 0 Å². The maximum absolute atomic E-state index is 12.5. The maximum Gasteiger partial charge on any atom is 0.397 e. The van der Waals surface area contributed by atoms with Gasteiger partial charge in [0.1, 0.15) is 17.2 Å². The normalized spacial score (nSPS) is 13.1. The average Bonchev–Trinajstić information content (AvgIpc) is 2.70. The van der Waals surface area contributed by atoms with Gasteiger partial charge in [-0.1, -0.05) is 6.42 Å². The van der Waals surface area contributed by atoms with Crippen molar-refractivity contribution >= 4 is 23.5 Å². The third-order valence-corrected chi connectivity index (χ3v) is 5.39. The van der Waals surface area contributed by atoms with E-state index in [-0.39, 0.29) is 23.8 Å². The number of amides is 2. The fourth-order valence-corrected chi connectivity index (χ4v) is 3.47. The van der Waals surface area contributed by atoms with Gasteiger partial charge >= 0.3 is 11.9 Å². The summed E-state index contributed by atoms with van der Waals surface area (Å²) in [6.07, 6.45) is 3.42. The van der Waals surface area contributed by atoms with Crippen molar-refractivity contribution in [1.82, 2.24) is 5.32 Å². The highest BCUT2D eigenvalue weighted by atomic mass is 16.5. The van der Waals surface area contributed by atoms with Crippen LogP contribution >= 0.6 is 0 Å². The van der Waals surface area contributed by atoms with Gasteiger partial charge in [0, 0.05) is 12.2 Å². The molecule has 0 heterocycles. The number of benzene rings is 2. The highest BCUT2D eigenvalue weighted by Crippen LogP contribution is 2.33. The van der Waals surface area contributed by atoms with Gasteiger partial charge in [-0.15, -0.1) is 0 Å². The Morgan fingerprint density at radius 2 is 1.78 bits per heavy atom. The van der Waals surface area contributed by atoms with Crippen LogP contribution in [0.2, 0.25) is 0 Å². The SMILES string of the molecule is CCOC(=O)C(=O)Nc1cc(C)c(Oc2ccc(O)c(C(=O)NCC3CCC3)c2)c(C)c1. The molecule has 1 aliphatic rings. The Kier molecular flexibility index (Phi) is 7.35. The van der Waals surface area contributed by atoms with E-state index in [2.05, 4.69) is 10.6 Å². The Labute approximate surface area is 186 Å². The fraction of sp³-hybridized carbons (Fsp3) is 0.375. The number of carbonyl (C=O) groups excluding carboxylic acids is 3. The summed E-state index contributed by atoms with van der Waals surface area (Å²) in [6.45, 7) is 5.94.